The summed E-state index contributed by atoms with van der Waals surface area (Å²) in [4.78, 5) is 48.8. The summed E-state index contributed by atoms with van der Waals surface area (Å²) in [5, 5.41) is 3.26. The SMILES string of the molecule is CC(C)N(C(=O)CN1C(=O)N(Cc2ccccn2)C(=O)C2NCCCC21)c1ccccc1. The van der Waals surface area contributed by atoms with Gasteiger partial charge in [0.25, 0.3) is 0 Å². The fourth-order valence-electron chi connectivity index (χ4n) is 4.54. The zero-order chi connectivity index (χ0) is 22.7. The van der Waals surface area contributed by atoms with Crippen LogP contribution in [0.15, 0.2) is 54.7 Å². The number of pyridine rings is 1. The second-order valence-electron chi connectivity index (χ2n) is 8.49. The number of para-hydroxylation sites is 1. The topological polar surface area (TPSA) is 85.9 Å². The Morgan fingerprint density at radius 1 is 1.16 bits per heavy atom. The molecule has 2 unspecified atom stereocenters. The monoisotopic (exact) mass is 435 g/mol. The summed E-state index contributed by atoms with van der Waals surface area (Å²) in [7, 11) is 0. The highest BCUT2D eigenvalue weighted by molar-refractivity contribution is 6.03. The third-order valence-corrected chi connectivity index (χ3v) is 6.01. The number of carbonyl (C=O) groups excluding carboxylic acids is 3. The highest BCUT2D eigenvalue weighted by Crippen LogP contribution is 2.26. The molecule has 168 valence electrons. The van der Waals surface area contributed by atoms with E-state index in [1.807, 2.05) is 50.2 Å². The van der Waals surface area contributed by atoms with E-state index in [0.717, 1.165) is 12.1 Å². The largest absolute Gasteiger partial charge is 0.327 e. The number of hydrogen-bond acceptors (Lipinski definition) is 5. The number of nitrogens with zero attached hydrogens (tertiary/aromatic N) is 4. The Hall–Kier alpha value is -3.26. The molecule has 1 aromatic heterocycles. The van der Waals surface area contributed by atoms with Crippen molar-refractivity contribution in [2.45, 2.75) is 51.4 Å². The van der Waals surface area contributed by atoms with Gasteiger partial charge in [0.2, 0.25) is 11.8 Å². The Morgan fingerprint density at radius 2 is 1.91 bits per heavy atom. The van der Waals surface area contributed by atoms with Gasteiger partial charge < -0.3 is 15.1 Å². The van der Waals surface area contributed by atoms with Gasteiger partial charge in [-0.2, -0.15) is 0 Å². The van der Waals surface area contributed by atoms with Crippen molar-refractivity contribution < 1.29 is 14.4 Å². The molecule has 0 aliphatic carbocycles. The van der Waals surface area contributed by atoms with E-state index in [2.05, 4.69) is 10.3 Å². The molecule has 4 amide bonds. The van der Waals surface area contributed by atoms with Gasteiger partial charge in [0, 0.05) is 17.9 Å². The van der Waals surface area contributed by atoms with Gasteiger partial charge in [-0.05, 0) is 57.5 Å². The van der Waals surface area contributed by atoms with Crippen LogP contribution < -0.4 is 10.2 Å². The van der Waals surface area contributed by atoms with E-state index in [1.165, 1.54) is 4.90 Å². The fourth-order valence-corrected chi connectivity index (χ4v) is 4.54. The number of fused-ring (bicyclic) bond motifs is 1. The quantitative estimate of drug-likeness (QED) is 0.753. The van der Waals surface area contributed by atoms with Gasteiger partial charge >= 0.3 is 6.03 Å². The van der Waals surface area contributed by atoms with E-state index in [4.69, 9.17) is 0 Å². The Bertz CT molecular complexity index is 966. The molecule has 32 heavy (non-hydrogen) atoms. The summed E-state index contributed by atoms with van der Waals surface area (Å²) in [6, 6.07) is 13.5. The van der Waals surface area contributed by atoms with Gasteiger partial charge in [-0.3, -0.25) is 19.5 Å². The Balaban J connectivity index is 1.60. The maximum Gasteiger partial charge on any atom is 0.327 e. The number of amides is 4. The van der Waals surface area contributed by atoms with Gasteiger partial charge in [0.1, 0.15) is 12.6 Å². The van der Waals surface area contributed by atoms with Crippen molar-refractivity contribution in [3.05, 3.63) is 60.4 Å². The molecule has 0 saturated carbocycles. The number of carbonyl (C=O) groups is 3. The van der Waals surface area contributed by atoms with Crippen molar-refractivity contribution in [1.29, 1.82) is 0 Å². The molecule has 1 aromatic carbocycles. The standard InChI is InChI=1S/C24H29N5O3/c1-17(2)29(19-10-4-3-5-11-19)21(30)16-27-20-12-8-14-26-22(20)23(31)28(24(27)32)15-18-9-6-7-13-25-18/h3-7,9-11,13,17,20,22,26H,8,12,14-16H2,1-2H3. The summed E-state index contributed by atoms with van der Waals surface area (Å²) in [6.07, 6.45) is 3.17. The van der Waals surface area contributed by atoms with Gasteiger partial charge in [0.15, 0.2) is 0 Å². The number of rotatable bonds is 6. The molecule has 0 bridgehead atoms. The first kappa shape index (κ1) is 22.0. The third kappa shape index (κ3) is 4.36. The maximum absolute atomic E-state index is 13.5. The van der Waals surface area contributed by atoms with E-state index in [-0.39, 0.29) is 37.0 Å². The molecule has 2 fully saturated rings. The maximum atomic E-state index is 13.5. The summed E-state index contributed by atoms with van der Waals surface area (Å²) >= 11 is 0. The fraction of sp³-hybridized carbons (Fsp3) is 0.417. The first-order chi connectivity index (χ1) is 15.5. The number of nitrogens with one attached hydrogen (secondary N) is 1. The number of anilines is 1. The molecule has 2 aliphatic heterocycles. The normalized spacial score (nSPS) is 21.0. The molecule has 2 aliphatic rings. The lowest BCUT2D eigenvalue weighted by atomic mass is 9.93. The minimum atomic E-state index is -0.512. The van der Waals surface area contributed by atoms with Crippen LogP contribution in [0.3, 0.4) is 0 Å². The van der Waals surface area contributed by atoms with Crippen LogP contribution in [0.25, 0.3) is 0 Å². The van der Waals surface area contributed by atoms with E-state index >= 15 is 0 Å². The lowest BCUT2D eigenvalue weighted by molar-refractivity contribution is -0.139. The van der Waals surface area contributed by atoms with Crippen LogP contribution in [0.1, 0.15) is 32.4 Å². The molecular weight excluding hydrogens is 406 g/mol. The molecule has 8 nitrogen and oxygen atoms in total. The van der Waals surface area contributed by atoms with Crippen LogP contribution in [0.2, 0.25) is 0 Å². The summed E-state index contributed by atoms with van der Waals surface area (Å²) in [6.45, 7) is 4.61. The highest BCUT2D eigenvalue weighted by atomic mass is 16.2. The first-order valence-corrected chi connectivity index (χ1v) is 11.1. The molecule has 8 heteroatoms. The molecule has 4 rings (SSSR count). The smallest absolute Gasteiger partial charge is 0.310 e. The second kappa shape index (κ2) is 9.48. The van der Waals surface area contributed by atoms with Crippen LogP contribution in [-0.2, 0) is 16.1 Å². The van der Waals surface area contributed by atoms with Crippen molar-refractivity contribution in [1.82, 2.24) is 20.1 Å². The van der Waals surface area contributed by atoms with Gasteiger partial charge in [0.05, 0.1) is 18.3 Å². The average Bonchev–Trinajstić information content (AvgIpc) is 2.81. The molecule has 1 N–H and O–H groups in total. The number of hydrogen-bond donors (Lipinski definition) is 1. The highest BCUT2D eigenvalue weighted by Gasteiger charge is 2.48. The molecule has 3 heterocycles. The van der Waals surface area contributed by atoms with Crippen molar-refractivity contribution in [2.75, 3.05) is 18.0 Å². The number of imide groups is 1. The van der Waals surface area contributed by atoms with Crippen LogP contribution in [0.5, 0.6) is 0 Å². The van der Waals surface area contributed by atoms with Crippen molar-refractivity contribution in [3.8, 4) is 0 Å². The second-order valence-corrected chi connectivity index (χ2v) is 8.49. The number of urea groups is 1. The number of benzene rings is 1. The van der Waals surface area contributed by atoms with Crippen LogP contribution >= 0.6 is 0 Å². The van der Waals surface area contributed by atoms with Crippen LogP contribution in [-0.4, -0.2) is 63.8 Å². The first-order valence-electron chi connectivity index (χ1n) is 11.1. The predicted octanol–water partition coefficient (Wildman–Crippen LogP) is 2.41. The van der Waals surface area contributed by atoms with Crippen molar-refractivity contribution in [3.63, 3.8) is 0 Å². The van der Waals surface area contributed by atoms with Gasteiger partial charge in [-0.25, -0.2) is 4.79 Å². The Morgan fingerprint density at radius 3 is 2.59 bits per heavy atom. The van der Waals surface area contributed by atoms with E-state index in [0.29, 0.717) is 18.7 Å². The van der Waals surface area contributed by atoms with Gasteiger partial charge in [-0.1, -0.05) is 24.3 Å². The predicted molar refractivity (Wildman–Crippen MR) is 121 cm³/mol. The summed E-state index contributed by atoms with van der Waals surface area (Å²) in [5.74, 6) is -0.422. The Labute approximate surface area is 188 Å². The molecule has 2 saturated heterocycles. The van der Waals surface area contributed by atoms with Crippen molar-refractivity contribution >= 4 is 23.5 Å². The molecule has 2 atom stereocenters. The third-order valence-electron chi connectivity index (χ3n) is 6.01. The molecule has 0 radical (unpaired) electrons. The number of piperidine rings is 1. The minimum Gasteiger partial charge on any atom is -0.310 e. The summed E-state index contributed by atoms with van der Waals surface area (Å²) < 4.78 is 0. The van der Waals surface area contributed by atoms with Crippen LogP contribution in [0.4, 0.5) is 10.5 Å². The zero-order valence-electron chi connectivity index (χ0n) is 18.5. The van der Waals surface area contributed by atoms with E-state index < -0.39 is 12.1 Å². The van der Waals surface area contributed by atoms with Gasteiger partial charge in [-0.15, -0.1) is 0 Å². The Kier molecular flexibility index (Phi) is 6.50. The van der Waals surface area contributed by atoms with Crippen molar-refractivity contribution in [2.24, 2.45) is 0 Å². The number of aromatic nitrogens is 1. The lowest BCUT2D eigenvalue weighted by Crippen LogP contribution is -2.70. The summed E-state index contributed by atoms with van der Waals surface area (Å²) in [5.41, 5.74) is 1.42. The molecule has 2 aromatic rings. The zero-order valence-corrected chi connectivity index (χ0v) is 18.5. The molecular formula is C24H29N5O3. The van der Waals surface area contributed by atoms with E-state index in [1.54, 1.807) is 28.1 Å². The minimum absolute atomic E-state index is 0.0728. The van der Waals surface area contributed by atoms with E-state index in [9.17, 15) is 14.4 Å². The molecule has 0 spiro atoms. The van der Waals surface area contributed by atoms with Crippen LogP contribution in [0, 0.1) is 0 Å². The lowest BCUT2D eigenvalue weighted by Gasteiger charge is -2.47. The average molecular weight is 436 g/mol.